The first kappa shape index (κ1) is 30.2. The van der Waals surface area contributed by atoms with Crippen LogP contribution >= 0.6 is 0 Å². The third-order valence-electron chi connectivity index (χ3n) is 10.6. The van der Waals surface area contributed by atoms with Crippen LogP contribution in [0.25, 0.3) is 43.1 Å². The Morgan fingerprint density at radius 3 is 1.10 bits per heavy atom. The van der Waals surface area contributed by atoms with Crippen molar-refractivity contribution in [1.82, 2.24) is 0 Å². The van der Waals surface area contributed by atoms with Crippen molar-refractivity contribution in [2.24, 2.45) is 0 Å². The Morgan fingerprint density at radius 2 is 0.762 bits per heavy atom. The highest BCUT2D eigenvalue weighted by molar-refractivity contribution is 6.89. The van der Waals surface area contributed by atoms with Crippen LogP contribution in [0.5, 0.6) is 0 Å². The Bertz CT molecular complexity index is 1780. The molecule has 0 aromatic heterocycles. The average Bonchev–Trinajstić information content (AvgIpc) is 2.95. The molecule has 0 aliphatic carbocycles. The SMILES string of the molecule is CC(C)[Si](C)(C#Cc1c2ccccc2c(C#C[Si](C)(C(C)C)C(C)C)c2cc3cc4ccccc4cc3cc12)C(C)C. The molecule has 5 aromatic carbocycles. The fraction of sp³-hybridized carbons (Fsp3) is 0.350. The van der Waals surface area contributed by atoms with Crippen molar-refractivity contribution in [3.8, 4) is 22.9 Å². The summed E-state index contributed by atoms with van der Waals surface area (Å²) in [6.07, 6.45) is 0. The molecule has 0 N–H and O–H groups in total. The lowest BCUT2D eigenvalue weighted by molar-refractivity contribution is 0.920. The highest BCUT2D eigenvalue weighted by atomic mass is 28.3. The number of rotatable bonds is 4. The van der Waals surface area contributed by atoms with Crippen molar-refractivity contribution in [3.05, 3.63) is 83.9 Å². The standard InChI is InChI=1S/C40H46Si2/c1-27(2)41(9,28(3)4)21-19-37-35-17-13-14-18-36(35)38(20-22-42(10,29(5)6)30(7)8)40-26-34-24-32-16-12-11-15-31(32)23-33(34)25-39(37)40/h11-18,23-30H,1-10H3. The summed E-state index contributed by atoms with van der Waals surface area (Å²) >= 11 is 0. The van der Waals surface area contributed by atoms with E-state index in [-0.39, 0.29) is 0 Å². The molecule has 0 aliphatic rings. The van der Waals surface area contributed by atoms with E-state index < -0.39 is 16.1 Å². The summed E-state index contributed by atoms with van der Waals surface area (Å²) in [4.78, 5) is 0. The average molecular weight is 583 g/mol. The Hall–Kier alpha value is -3.31. The molecule has 0 nitrogen and oxygen atoms in total. The molecule has 0 unspecified atom stereocenters. The monoisotopic (exact) mass is 582 g/mol. The third-order valence-corrected chi connectivity index (χ3v) is 21.5. The van der Waals surface area contributed by atoms with Crippen LogP contribution in [0.15, 0.2) is 72.8 Å². The van der Waals surface area contributed by atoms with Gasteiger partial charge in [0.05, 0.1) is 0 Å². The Morgan fingerprint density at radius 1 is 0.429 bits per heavy atom. The largest absolute Gasteiger partial charge is 0.140 e. The molecule has 2 heteroatoms. The van der Waals surface area contributed by atoms with Crippen molar-refractivity contribution in [2.75, 3.05) is 0 Å². The number of hydrogen-bond acceptors (Lipinski definition) is 0. The second-order valence-corrected chi connectivity index (χ2v) is 24.2. The van der Waals surface area contributed by atoms with E-state index in [1.165, 1.54) is 43.1 Å². The van der Waals surface area contributed by atoms with E-state index in [1.54, 1.807) is 0 Å². The van der Waals surface area contributed by atoms with Crippen LogP contribution in [0.3, 0.4) is 0 Å². The predicted octanol–water partition coefficient (Wildman–Crippen LogP) is 11.9. The second kappa shape index (κ2) is 11.4. The van der Waals surface area contributed by atoms with Gasteiger partial charge < -0.3 is 0 Å². The fourth-order valence-corrected chi connectivity index (χ4v) is 10.8. The molecule has 5 rings (SSSR count). The van der Waals surface area contributed by atoms with E-state index in [1.807, 2.05) is 0 Å². The van der Waals surface area contributed by atoms with Crippen molar-refractivity contribution in [2.45, 2.75) is 90.6 Å². The van der Waals surface area contributed by atoms with Gasteiger partial charge in [-0.15, -0.1) is 11.1 Å². The van der Waals surface area contributed by atoms with Gasteiger partial charge in [-0.05, 0) is 89.5 Å². The molecule has 0 spiro atoms. The van der Waals surface area contributed by atoms with Gasteiger partial charge in [0.25, 0.3) is 0 Å². The quantitative estimate of drug-likeness (QED) is 0.112. The van der Waals surface area contributed by atoms with Crippen LogP contribution < -0.4 is 0 Å². The van der Waals surface area contributed by atoms with E-state index in [0.717, 1.165) is 11.1 Å². The molecule has 42 heavy (non-hydrogen) atoms. The van der Waals surface area contributed by atoms with E-state index in [2.05, 4.69) is 164 Å². The van der Waals surface area contributed by atoms with Crippen LogP contribution in [0.1, 0.15) is 66.5 Å². The van der Waals surface area contributed by atoms with Crippen LogP contribution in [-0.4, -0.2) is 16.1 Å². The van der Waals surface area contributed by atoms with Gasteiger partial charge in [0.15, 0.2) is 0 Å². The first-order valence-corrected chi connectivity index (χ1v) is 21.0. The van der Waals surface area contributed by atoms with Crippen LogP contribution in [0, 0.1) is 22.9 Å². The molecule has 0 bridgehead atoms. The molecule has 0 atom stereocenters. The zero-order valence-corrected chi connectivity index (χ0v) is 29.2. The molecule has 0 saturated heterocycles. The van der Waals surface area contributed by atoms with Gasteiger partial charge in [-0.25, -0.2) is 0 Å². The first-order chi connectivity index (χ1) is 19.9. The summed E-state index contributed by atoms with van der Waals surface area (Å²) in [5.41, 5.74) is 12.6. The highest BCUT2D eigenvalue weighted by Gasteiger charge is 2.34. The lowest BCUT2D eigenvalue weighted by atomic mass is 9.90. The third kappa shape index (κ3) is 5.21. The highest BCUT2D eigenvalue weighted by Crippen LogP contribution is 2.38. The number of benzene rings is 5. The first-order valence-electron chi connectivity index (χ1n) is 15.7. The maximum atomic E-state index is 3.94. The van der Waals surface area contributed by atoms with Gasteiger partial charge in [-0.3, -0.25) is 0 Å². The zero-order chi connectivity index (χ0) is 30.4. The lowest BCUT2D eigenvalue weighted by Crippen LogP contribution is -2.36. The summed E-state index contributed by atoms with van der Waals surface area (Å²) in [5.74, 6) is 7.69. The molecule has 0 fully saturated rings. The van der Waals surface area contributed by atoms with Crippen molar-refractivity contribution >= 4 is 59.2 Å². The Balaban J connectivity index is 1.95. The fourth-order valence-electron chi connectivity index (χ4n) is 6.19. The van der Waals surface area contributed by atoms with Gasteiger partial charge >= 0.3 is 0 Å². The van der Waals surface area contributed by atoms with Gasteiger partial charge in [0, 0.05) is 11.1 Å². The molecule has 5 aromatic rings. The summed E-state index contributed by atoms with van der Waals surface area (Å²) in [6, 6.07) is 27.0. The van der Waals surface area contributed by atoms with E-state index >= 15 is 0 Å². The lowest BCUT2D eigenvalue weighted by Gasteiger charge is -2.30. The Kier molecular flexibility index (Phi) is 8.19. The maximum Gasteiger partial charge on any atom is 0.140 e. The van der Waals surface area contributed by atoms with E-state index in [0.29, 0.717) is 22.2 Å². The van der Waals surface area contributed by atoms with Crippen LogP contribution in [0.4, 0.5) is 0 Å². The van der Waals surface area contributed by atoms with Crippen molar-refractivity contribution in [3.63, 3.8) is 0 Å². The van der Waals surface area contributed by atoms with Crippen LogP contribution in [0.2, 0.25) is 35.3 Å². The summed E-state index contributed by atoms with van der Waals surface area (Å²) in [6.45, 7) is 23.8. The van der Waals surface area contributed by atoms with E-state index in [9.17, 15) is 0 Å². The molecule has 0 aliphatic heterocycles. The molecular formula is C40H46Si2. The van der Waals surface area contributed by atoms with Gasteiger partial charge in [0.2, 0.25) is 0 Å². The molecule has 0 saturated carbocycles. The predicted molar refractivity (Wildman–Crippen MR) is 194 cm³/mol. The van der Waals surface area contributed by atoms with Gasteiger partial charge in [0.1, 0.15) is 16.1 Å². The molecule has 0 radical (unpaired) electrons. The molecule has 214 valence electrons. The minimum atomic E-state index is -1.81. The topological polar surface area (TPSA) is 0 Å². The molecule has 0 heterocycles. The maximum absolute atomic E-state index is 3.94. The normalized spacial score (nSPS) is 12.5. The van der Waals surface area contributed by atoms with Crippen molar-refractivity contribution in [1.29, 1.82) is 0 Å². The van der Waals surface area contributed by atoms with Gasteiger partial charge in [-0.1, -0.05) is 129 Å². The van der Waals surface area contributed by atoms with Gasteiger partial charge in [-0.2, -0.15) is 0 Å². The number of hydrogen-bond donors (Lipinski definition) is 0. The zero-order valence-electron chi connectivity index (χ0n) is 27.2. The smallest absolute Gasteiger partial charge is 0.126 e. The number of fused-ring (bicyclic) bond motifs is 4. The summed E-state index contributed by atoms with van der Waals surface area (Å²) in [5, 5.41) is 9.97. The van der Waals surface area contributed by atoms with E-state index in [4.69, 9.17) is 0 Å². The minimum absolute atomic E-state index is 0.592. The van der Waals surface area contributed by atoms with Crippen molar-refractivity contribution < 1.29 is 0 Å². The Labute approximate surface area is 255 Å². The van der Waals surface area contributed by atoms with Crippen LogP contribution in [-0.2, 0) is 0 Å². The minimum Gasteiger partial charge on any atom is -0.126 e. The summed E-state index contributed by atoms with van der Waals surface area (Å²) < 4.78 is 0. The molecular weight excluding hydrogens is 537 g/mol. The molecule has 0 amide bonds. The summed E-state index contributed by atoms with van der Waals surface area (Å²) in [7, 11) is -3.63. The second-order valence-electron chi connectivity index (χ2n) is 13.9.